The van der Waals surface area contributed by atoms with Gasteiger partial charge in [0.1, 0.15) is 0 Å². The van der Waals surface area contributed by atoms with Crippen LogP contribution in [-0.2, 0) is 0 Å². The lowest BCUT2D eigenvalue weighted by atomic mass is 10.0. The van der Waals surface area contributed by atoms with Crippen molar-refractivity contribution in [2.24, 2.45) is 5.92 Å². The summed E-state index contributed by atoms with van der Waals surface area (Å²) in [6.45, 7) is 1.52. The van der Waals surface area contributed by atoms with E-state index in [4.69, 9.17) is 0 Å². The number of aromatic nitrogens is 2. The van der Waals surface area contributed by atoms with Crippen molar-refractivity contribution >= 4 is 11.7 Å². The maximum Gasteiger partial charge on any atom is 0.254 e. The summed E-state index contributed by atoms with van der Waals surface area (Å²) >= 11 is 0. The van der Waals surface area contributed by atoms with Crippen LogP contribution < -0.4 is 0 Å². The molecule has 5 nitrogen and oxygen atoms in total. The van der Waals surface area contributed by atoms with E-state index >= 15 is 0 Å². The predicted octanol–water partition coefficient (Wildman–Crippen LogP) is 4.57. The van der Waals surface area contributed by atoms with Gasteiger partial charge in [-0.25, -0.2) is 0 Å². The lowest BCUT2D eigenvalue weighted by molar-refractivity contribution is 0.0707. The first-order valence-electron chi connectivity index (χ1n) is 9.80. The van der Waals surface area contributed by atoms with Crippen LogP contribution in [-0.4, -0.2) is 33.6 Å². The predicted molar refractivity (Wildman–Crippen MR) is 111 cm³/mol. The lowest BCUT2D eigenvalue weighted by Gasteiger charge is -2.28. The second-order valence-corrected chi connectivity index (χ2v) is 7.52. The van der Waals surface area contributed by atoms with E-state index in [1.165, 1.54) is 6.92 Å². The number of hydrogen-bond donors (Lipinski definition) is 0. The number of nitrogens with zero attached hydrogens (tertiary/aromatic N) is 3. The molecule has 29 heavy (non-hydrogen) atoms. The van der Waals surface area contributed by atoms with Crippen LogP contribution in [0.15, 0.2) is 67.0 Å². The molecular weight excluding hydrogens is 362 g/mol. The molecule has 1 fully saturated rings. The van der Waals surface area contributed by atoms with Crippen molar-refractivity contribution in [1.29, 1.82) is 0 Å². The van der Waals surface area contributed by atoms with Gasteiger partial charge in [-0.1, -0.05) is 18.2 Å². The molecule has 1 aliphatic rings. The summed E-state index contributed by atoms with van der Waals surface area (Å²) in [6.07, 6.45) is 5.58. The first-order valence-corrected chi connectivity index (χ1v) is 9.80. The molecule has 0 bridgehead atoms. The van der Waals surface area contributed by atoms with E-state index < -0.39 is 0 Å². The van der Waals surface area contributed by atoms with E-state index in [0.717, 1.165) is 29.8 Å². The number of benzene rings is 1. The van der Waals surface area contributed by atoms with Crippen LogP contribution in [0.5, 0.6) is 0 Å². The van der Waals surface area contributed by atoms with Crippen LogP contribution in [0.4, 0.5) is 0 Å². The highest BCUT2D eigenvalue weighted by Crippen LogP contribution is 2.43. The Morgan fingerprint density at radius 3 is 2.45 bits per heavy atom. The van der Waals surface area contributed by atoms with Gasteiger partial charge >= 0.3 is 0 Å². The Morgan fingerprint density at radius 2 is 1.83 bits per heavy atom. The summed E-state index contributed by atoms with van der Waals surface area (Å²) in [5, 5.41) is 0. The fraction of sp³-hybridized carbons (Fsp3) is 0.250. The summed E-state index contributed by atoms with van der Waals surface area (Å²) in [5.41, 5.74) is 3.70. The first kappa shape index (κ1) is 19.0. The highest BCUT2D eigenvalue weighted by atomic mass is 16.2. The van der Waals surface area contributed by atoms with Crippen LogP contribution in [0.1, 0.15) is 52.2 Å². The second kappa shape index (κ2) is 7.95. The summed E-state index contributed by atoms with van der Waals surface area (Å²) in [6, 6.07) is 16.9. The number of rotatable bonds is 6. The molecule has 0 unspecified atom stereocenters. The van der Waals surface area contributed by atoms with Gasteiger partial charge in [0.2, 0.25) is 0 Å². The van der Waals surface area contributed by atoms with E-state index in [9.17, 15) is 9.59 Å². The van der Waals surface area contributed by atoms with Crippen LogP contribution >= 0.6 is 0 Å². The van der Waals surface area contributed by atoms with E-state index in [-0.39, 0.29) is 17.7 Å². The van der Waals surface area contributed by atoms with Gasteiger partial charge < -0.3 is 4.90 Å². The molecule has 1 saturated carbocycles. The number of hydrogen-bond acceptors (Lipinski definition) is 4. The minimum atomic E-state index is -0.0326. The molecule has 1 amide bonds. The Labute approximate surface area is 170 Å². The minimum Gasteiger partial charge on any atom is -0.333 e. The molecular formula is C24H23N3O2. The SMILES string of the molecule is CC(=O)c1ccc(-c2cccc(C(=O)N(C)[C@H](c3ccccn3)C3CC3)c2)nc1. The average Bonchev–Trinajstić information content (AvgIpc) is 3.59. The van der Waals surface area contributed by atoms with Crippen molar-refractivity contribution in [3.8, 4) is 11.3 Å². The van der Waals surface area contributed by atoms with E-state index in [0.29, 0.717) is 17.0 Å². The molecule has 0 aliphatic heterocycles. The van der Waals surface area contributed by atoms with Crippen LogP contribution in [0.2, 0.25) is 0 Å². The van der Waals surface area contributed by atoms with Crippen LogP contribution in [0.25, 0.3) is 11.3 Å². The normalized spacial score (nSPS) is 14.3. The van der Waals surface area contributed by atoms with Crippen molar-refractivity contribution in [3.63, 3.8) is 0 Å². The summed E-state index contributed by atoms with van der Waals surface area (Å²) in [4.78, 5) is 35.4. The largest absolute Gasteiger partial charge is 0.333 e. The molecule has 1 aromatic carbocycles. The molecule has 3 aromatic rings. The Morgan fingerprint density at radius 1 is 1.00 bits per heavy atom. The second-order valence-electron chi connectivity index (χ2n) is 7.52. The Bertz CT molecular complexity index is 1030. The minimum absolute atomic E-state index is 0.0136. The third kappa shape index (κ3) is 4.09. The van der Waals surface area contributed by atoms with Gasteiger partial charge in [0.15, 0.2) is 5.78 Å². The molecule has 1 atom stereocenters. The Kier molecular flexibility index (Phi) is 5.21. The van der Waals surface area contributed by atoms with Gasteiger partial charge in [0, 0.05) is 36.1 Å². The van der Waals surface area contributed by atoms with Crippen molar-refractivity contribution in [3.05, 3.63) is 83.8 Å². The zero-order chi connectivity index (χ0) is 20.4. The number of amides is 1. The lowest BCUT2D eigenvalue weighted by Crippen LogP contribution is -2.33. The first-order chi connectivity index (χ1) is 14.0. The summed E-state index contributed by atoms with van der Waals surface area (Å²) < 4.78 is 0. The van der Waals surface area contributed by atoms with Crippen molar-refractivity contribution < 1.29 is 9.59 Å². The van der Waals surface area contributed by atoms with Gasteiger partial charge in [0.25, 0.3) is 5.91 Å². The molecule has 146 valence electrons. The third-order valence-corrected chi connectivity index (χ3v) is 5.37. The molecule has 4 rings (SSSR count). The van der Waals surface area contributed by atoms with Crippen molar-refractivity contribution in [2.45, 2.75) is 25.8 Å². The van der Waals surface area contributed by atoms with Gasteiger partial charge in [0.05, 0.1) is 17.4 Å². The molecule has 1 aliphatic carbocycles. The van der Waals surface area contributed by atoms with Gasteiger partial charge in [-0.2, -0.15) is 0 Å². The molecule has 0 N–H and O–H groups in total. The monoisotopic (exact) mass is 385 g/mol. The van der Waals surface area contributed by atoms with Crippen LogP contribution in [0, 0.1) is 5.92 Å². The summed E-state index contributed by atoms with van der Waals surface area (Å²) in [5.74, 6) is 0.410. The third-order valence-electron chi connectivity index (χ3n) is 5.37. The Hall–Kier alpha value is -3.34. The van der Waals surface area contributed by atoms with Gasteiger partial charge in [-0.05, 0) is 62.1 Å². The van der Waals surface area contributed by atoms with Crippen molar-refractivity contribution in [1.82, 2.24) is 14.9 Å². The highest BCUT2D eigenvalue weighted by molar-refractivity contribution is 5.96. The number of carbonyl (C=O) groups excluding carboxylic acids is 2. The maximum absolute atomic E-state index is 13.3. The zero-order valence-corrected chi connectivity index (χ0v) is 16.6. The smallest absolute Gasteiger partial charge is 0.254 e. The standard InChI is InChI=1S/C24H23N3O2/c1-16(28)20-11-12-21(26-15-20)18-6-5-7-19(14-18)24(29)27(2)23(17-9-10-17)22-8-3-4-13-25-22/h3-8,11-15,17,23H,9-10H2,1-2H3/t23-/m0/s1. The zero-order valence-electron chi connectivity index (χ0n) is 16.6. The fourth-order valence-corrected chi connectivity index (χ4v) is 3.63. The number of ketones is 1. The molecule has 0 spiro atoms. The average molecular weight is 385 g/mol. The quantitative estimate of drug-likeness (QED) is 0.583. The molecule has 5 heteroatoms. The molecule has 0 saturated heterocycles. The number of pyridine rings is 2. The Balaban J connectivity index is 1.60. The highest BCUT2D eigenvalue weighted by Gasteiger charge is 2.37. The molecule has 0 radical (unpaired) electrons. The number of carbonyl (C=O) groups is 2. The fourth-order valence-electron chi connectivity index (χ4n) is 3.63. The van der Waals surface area contributed by atoms with Crippen LogP contribution in [0.3, 0.4) is 0 Å². The van der Waals surface area contributed by atoms with E-state index in [1.807, 2.05) is 60.5 Å². The van der Waals surface area contributed by atoms with Crippen molar-refractivity contribution in [2.75, 3.05) is 7.05 Å². The van der Waals surface area contributed by atoms with E-state index in [1.54, 1.807) is 18.5 Å². The number of Topliss-reactive ketones (excluding diaryl/α,β-unsaturated/α-hetero) is 1. The summed E-state index contributed by atoms with van der Waals surface area (Å²) in [7, 11) is 1.85. The maximum atomic E-state index is 13.3. The molecule has 2 heterocycles. The molecule has 2 aromatic heterocycles. The van der Waals surface area contributed by atoms with E-state index in [2.05, 4.69) is 9.97 Å². The topological polar surface area (TPSA) is 63.2 Å². The van der Waals surface area contributed by atoms with Gasteiger partial charge in [-0.3, -0.25) is 19.6 Å². The van der Waals surface area contributed by atoms with Gasteiger partial charge in [-0.15, -0.1) is 0 Å².